The van der Waals surface area contributed by atoms with E-state index in [-0.39, 0.29) is 5.56 Å². The molecule has 0 radical (unpaired) electrons. The summed E-state index contributed by atoms with van der Waals surface area (Å²) >= 11 is 3.63. The van der Waals surface area contributed by atoms with Crippen molar-refractivity contribution in [2.75, 3.05) is 43.0 Å². The molecule has 0 aromatic heterocycles. The van der Waals surface area contributed by atoms with Crippen molar-refractivity contribution in [1.82, 2.24) is 4.90 Å². The summed E-state index contributed by atoms with van der Waals surface area (Å²) in [6.45, 7) is 8.35. The van der Waals surface area contributed by atoms with E-state index in [1.807, 2.05) is 36.2 Å². The van der Waals surface area contributed by atoms with Gasteiger partial charge in [0, 0.05) is 43.0 Å². The van der Waals surface area contributed by atoms with Crippen LogP contribution in [-0.4, -0.2) is 69.5 Å². The number of aromatic carboxylic acids is 1. The smallest absolute Gasteiger partial charge is 0.337 e. The maximum atomic E-state index is 11.7. The van der Waals surface area contributed by atoms with Gasteiger partial charge in [0.1, 0.15) is 6.54 Å². The zero-order chi connectivity index (χ0) is 20.6. The zero-order valence-corrected chi connectivity index (χ0v) is 18.4. The Kier molecular flexibility index (Phi) is 7.83. The van der Waals surface area contributed by atoms with Crippen LogP contribution in [0.15, 0.2) is 46.6 Å². The lowest BCUT2D eigenvalue weighted by Crippen LogP contribution is -2.17. The molecule has 0 atom stereocenters. The summed E-state index contributed by atoms with van der Waals surface area (Å²) in [5, 5.41) is 15.2. The van der Waals surface area contributed by atoms with Crippen LogP contribution in [0.1, 0.15) is 24.2 Å². The molecule has 29 heavy (non-hydrogen) atoms. The van der Waals surface area contributed by atoms with E-state index in [1.165, 1.54) is 10.1 Å². The van der Waals surface area contributed by atoms with E-state index in [1.54, 1.807) is 30.1 Å². The molecule has 154 valence electrons. The summed E-state index contributed by atoms with van der Waals surface area (Å²) < 4.78 is 2.32. The quantitative estimate of drug-likeness (QED) is 0.477. The molecule has 8 heteroatoms. The van der Waals surface area contributed by atoms with Crippen LogP contribution in [0.2, 0.25) is 0 Å². The molecule has 1 fully saturated rings. The molecular weight excluding hydrogens is 404 g/mol. The van der Waals surface area contributed by atoms with Crippen molar-refractivity contribution in [3.63, 3.8) is 0 Å². The number of carboxylic acid groups (broad SMARTS) is 1. The number of nitrogens with zero attached hydrogens (tertiary/aromatic N) is 3. The van der Waals surface area contributed by atoms with Crippen molar-refractivity contribution in [3.05, 3.63) is 47.1 Å². The van der Waals surface area contributed by atoms with E-state index in [0.29, 0.717) is 5.69 Å². The van der Waals surface area contributed by atoms with Crippen molar-refractivity contribution >= 4 is 52.1 Å². The standard InChI is InChI=1S/C21H26N4O2S2/c1-3-24-11-13-28-19(24)7-9-22-16-5-6-18(17(15-16)21(26)27)23-10-8-20-25(4-2)12-14-29-20/h5-10,15H,3-4,11-14H2,1-2H3,(H,26,27)/p+1. The molecule has 6 nitrogen and oxygen atoms in total. The third kappa shape index (κ3) is 5.67. The fraction of sp³-hybridized carbons (Fsp3) is 0.381. The van der Waals surface area contributed by atoms with Gasteiger partial charge in [-0.25, -0.2) is 9.37 Å². The lowest BCUT2D eigenvalue weighted by molar-refractivity contribution is -0.513. The molecule has 2 heterocycles. The monoisotopic (exact) mass is 431 g/mol. The van der Waals surface area contributed by atoms with Crippen molar-refractivity contribution in [1.29, 1.82) is 0 Å². The normalized spacial score (nSPS) is 18.7. The average Bonchev–Trinajstić information content (AvgIpc) is 3.37. The summed E-state index contributed by atoms with van der Waals surface area (Å²) in [5.74, 6) is 1.20. The van der Waals surface area contributed by atoms with Crippen molar-refractivity contribution in [2.24, 2.45) is 4.99 Å². The first-order valence-corrected chi connectivity index (χ1v) is 11.8. The molecule has 1 saturated heterocycles. The van der Waals surface area contributed by atoms with E-state index in [4.69, 9.17) is 0 Å². The number of rotatable bonds is 8. The molecule has 0 aliphatic carbocycles. The Morgan fingerprint density at radius 2 is 2.21 bits per heavy atom. The fourth-order valence-electron chi connectivity index (χ4n) is 3.16. The molecule has 2 aliphatic rings. The van der Waals surface area contributed by atoms with Gasteiger partial charge in [-0.1, -0.05) is 11.8 Å². The van der Waals surface area contributed by atoms with Gasteiger partial charge in [-0.15, -0.1) is 11.8 Å². The second-order valence-corrected chi connectivity index (χ2v) is 8.72. The summed E-state index contributed by atoms with van der Waals surface area (Å²) in [4.78, 5) is 18.4. The zero-order valence-electron chi connectivity index (χ0n) is 16.8. The molecule has 0 unspecified atom stereocenters. The van der Waals surface area contributed by atoms with Crippen LogP contribution in [0, 0.1) is 0 Å². The highest BCUT2D eigenvalue weighted by atomic mass is 32.2. The Balaban J connectivity index is 1.71. The Bertz CT molecular complexity index is 877. The van der Waals surface area contributed by atoms with Gasteiger partial charge in [-0.2, -0.15) is 0 Å². The predicted molar refractivity (Wildman–Crippen MR) is 125 cm³/mol. The van der Waals surface area contributed by atoms with Crippen molar-refractivity contribution in [2.45, 2.75) is 13.8 Å². The van der Waals surface area contributed by atoms with E-state index < -0.39 is 5.97 Å². The number of anilines is 1. The first kappa shape index (κ1) is 21.5. The lowest BCUT2D eigenvalue weighted by atomic mass is 10.1. The van der Waals surface area contributed by atoms with Gasteiger partial charge in [-0.05, 0) is 38.1 Å². The molecule has 3 rings (SSSR count). The summed E-state index contributed by atoms with van der Waals surface area (Å²) in [7, 11) is 0. The molecule has 0 bridgehead atoms. The predicted octanol–water partition coefficient (Wildman–Crippen LogP) is 4.10. The minimum absolute atomic E-state index is 0.183. The molecular formula is C21H27N4O2S2+. The van der Waals surface area contributed by atoms with Gasteiger partial charge in [0.25, 0.3) is 0 Å². The maximum Gasteiger partial charge on any atom is 0.337 e. The second-order valence-electron chi connectivity index (χ2n) is 6.49. The van der Waals surface area contributed by atoms with Crippen LogP contribution in [0.3, 0.4) is 0 Å². The number of allylic oxidation sites excluding steroid dienone is 1. The largest absolute Gasteiger partial charge is 0.478 e. The topological polar surface area (TPSA) is 67.9 Å². The van der Waals surface area contributed by atoms with Crippen molar-refractivity contribution < 1.29 is 14.5 Å². The minimum atomic E-state index is -0.985. The fourth-order valence-corrected chi connectivity index (χ4v) is 5.33. The first-order chi connectivity index (χ1) is 14.1. The number of hydrogen-bond donors (Lipinski definition) is 2. The van der Waals surface area contributed by atoms with E-state index in [0.717, 1.165) is 43.4 Å². The summed E-state index contributed by atoms with van der Waals surface area (Å²) in [6, 6.07) is 5.21. The third-order valence-corrected chi connectivity index (χ3v) is 6.90. The van der Waals surface area contributed by atoms with Gasteiger partial charge in [0.05, 0.1) is 22.0 Å². The Hall–Kier alpha value is -2.19. The van der Waals surface area contributed by atoms with Crippen molar-refractivity contribution in [3.8, 4) is 0 Å². The number of benzene rings is 1. The van der Waals surface area contributed by atoms with Crippen LogP contribution in [-0.2, 0) is 0 Å². The van der Waals surface area contributed by atoms with E-state index in [2.05, 4.69) is 33.6 Å². The molecule has 1 aromatic rings. The number of thioether (sulfide) groups is 2. The van der Waals surface area contributed by atoms with Gasteiger partial charge < -0.3 is 15.3 Å². The van der Waals surface area contributed by atoms with Crippen LogP contribution >= 0.6 is 23.5 Å². The highest BCUT2D eigenvalue weighted by molar-refractivity contribution is 8.14. The molecule has 0 amide bonds. The van der Waals surface area contributed by atoms with Crippen LogP contribution < -0.4 is 5.32 Å². The number of aliphatic imine (C=N–C) groups is 1. The second kappa shape index (κ2) is 10.5. The lowest BCUT2D eigenvalue weighted by Gasteiger charge is -2.14. The van der Waals surface area contributed by atoms with Gasteiger partial charge in [0.15, 0.2) is 6.54 Å². The van der Waals surface area contributed by atoms with Crippen LogP contribution in [0.5, 0.6) is 0 Å². The summed E-state index contributed by atoms with van der Waals surface area (Å²) in [5.41, 5.74) is 1.36. The third-order valence-electron chi connectivity index (χ3n) is 4.74. The molecule has 0 saturated carbocycles. The van der Waals surface area contributed by atoms with Gasteiger partial charge in [-0.3, -0.25) is 4.99 Å². The Labute approximate surface area is 180 Å². The van der Waals surface area contributed by atoms with Crippen LogP contribution in [0.4, 0.5) is 11.4 Å². The number of hydrogen-bond acceptors (Lipinski definition) is 6. The molecule has 2 aliphatic heterocycles. The minimum Gasteiger partial charge on any atom is -0.478 e. The van der Waals surface area contributed by atoms with Gasteiger partial charge >= 0.3 is 5.97 Å². The molecule has 0 spiro atoms. The number of carbonyl (C=O) groups is 1. The summed E-state index contributed by atoms with van der Waals surface area (Å²) in [6.07, 6.45) is 7.55. The number of nitrogens with one attached hydrogen (secondary N) is 1. The van der Waals surface area contributed by atoms with Crippen LogP contribution in [0.25, 0.3) is 0 Å². The van der Waals surface area contributed by atoms with E-state index >= 15 is 0 Å². The molecule has 2 N–H and O–H groups in total. The first-order valence-electron chi connectivity index (χ1n) is 9.79. The average molecular weight is 432 g/mol. The van der Waals surface area contributed by atoms with E-state index in [9.17, 15) is 9.90 Å². The Morgan fingerprint density at radius 1 is 1.34 bits per heavy atom. The SMILES string of the molecule is CCN1CCSC1=CC=Nc1ccc(N/C=C/C2=[N+](CC)CCS2)cc1C(=O)O. The highest BCUT2D eigenvalue weighted by Crippen LogP contribution is 2.27. The Morgan fingerprint density at radius 3 is 2.97 bits per heavy atom. The van der Waals surface area contributed by atoms with Gasteiger partial charge in [0.2, 0.25) is 5.04 Å². The highest BCUT2D eigenvalue weighted by Gasteiger charge is 2.18. The number of carboxylic acids is 1. The molecule has 1 aromatic carbocycles. The maximum absolute atomic E-state index is 11.7.